The molecule has 0 aliphatic carbocycles. The molecular formula is C39H53ClN4O11S. The molecule has 17 heteroatoms. The van der Waals surface area contributed by atoms with E-state index in [2.05, 4.69) is 21.3 Å². The van der Waals surface area contributed by atoms with Crippen LogP contribution < -0.4 is 21.3 Å². The van der Waals surface area contributed by atoms with Crippen LogP contribution in [0, 0.1) is 5.92 Å². The van der Waals surface area contributed by atoms with E-state index < -0.39 is 104 Å². The minimum Gasteiger partial charge on any atom is -0.460 e. The summed E-state index contributed by atoms with van der Waals surface area (Å²) in [6, 6.07) is 11.2. The molecule has 0 saturated carbocycles. The van der Waals surface area contributed by atoms with Crippen LogP contribution >= 0.6 is 11.6 Å². The van der Waals surface area contributed by atoms with E-state index in [1.807, 2.05) is 0 Å². The Morgan fingerprint density at radius 1 is 0.714 bits per heavy atom. The smallest absolute Gasteiger partial charge is 0.408 e. The van der Waals surface area contributed by atoms with Crippen molar-refractivity contribution < 1.29 is 51.4 Å². The second kappa shape index (κ2) is 20.8. The van der Waals surface area contributed by atoms with Crippen molar-refractivity contribution in [1.82, 2.24) is 21.3 Å². The maximum atomic E-state index is 14.0. The second-order valence-electron chi connectivity index (χ2n) is 15.3. The highest BCUT2D eigenvalue weighted by atomic mass is 35.5. The zero-order valence-electron chi connectivity index (χ0n) is 33.1. The number of rotatable bonds is 17. The molecule has 0 spiro atoms. The summed E-state index contributed by atoms with van der Waals surface area (Å²) in [6.45, 7) is 12.9. The number of sulfone groups is 1. The molecule has 0 bridgehead atoms. The van der Waals surface area contributed by atoms with Gasteiger partial charge in [-0.3, -0.25) is 24.0 Å². The number of carbonyl (C=O) groups is 6. The quantitative estimate of drug-likeness (QED) is 0.130. The Morgan fingerprint density at radius 2 is 1.23 bits per heavy atom. The number of benzene rings is 2. The monoisotopic (exact) mass is 820 g/mol. The molecule has 0 radical (unpaired) electrons. The van der Waals surface area contributed by atoms with Crippen molar-refractivity contribution in [2.75, 3.05) is 6.26 Å². The predicted octanol–water partition coefficient (Wildman–Crippen LogP) is 4.35. The first-order valence-electron chi connectivity index (χ1n) is 17.8. The molecule has 0 unspecified atom stereocenters. The van der Waals surface area contributed by atoms with E-state index in [0.29, 0.717) is 5.56 Å². The minimum absolute atomic E-state index is 0.129. The maximum absolute atomic E-state index is 14.0. The molecule has 0 saturated heterocycles. The van der Waals surface area contributed by atoms with Gasteiger partial charge in [0.05, 0.1) is 18.9 Å². The number of hydrogen-bond donors (Lipinski definition) is 4. The molecule has 2 rings (SSSR count). The van der Waals surface area contributed by atoms with Gasteiger partial charge in [0.25, 0.3) is 0 Å². The van der Waals surface area contributed by atoms with E-state index in [0.717, 1.165) is 12.3 Å². The first-order chi connectivity index (χ1) is 25.8. The van der Waals surface area contributed by atoms with Gasteiger partial charge >= 0.3 is 18.0 Å². The highest BCUT2D eigenvalue weighted by molar-refractivity contribution is 7.96. The van der Waals surface area contributed by atoms with Gasteiger partial charge in [-0.15, -0.1) is 0 Å². The molecule has 4 amide bonds. The van der Waals surface area contributed by atoms with Gasteiger partial charge < -0.3 is 35.5 Å². The summed E-state index contributed by atoms with van der Waals surface area (Å²) < 4.78 is 39.6. The molecule has 0 aromatic heterocycles. The van der Waals surface area contributed by atoms with Gasteiger partial charge in [0.1, 0.15) is 40.3 Å². The Labute approximate surface area is 333 Å². The Balaban J connectivity index is 2.40. The van der Waals surface area contributed by atoms with Gasteiger partial charge in [0.15, 0.2) is 9.84 Å². The van der Waals surface area contributed by atoms with E-state index in [4.69, 9.17) is 25.8 Å². The standard InChI is InChI=1S/C39H53ClN4O11S/c1-24(2)32(35(48)41-27(20-29(40)56(9,51)52)21-30(45)54-38(3,4)5)43-36(49)33(26-18-14-11-15-19-26)44-34(47)28(22-31(46)55-39(6,7)8)42-37(50)53-23-25-16-12-10-13-17-25/h10-20,24,27-28,32-33H,21-23H2,1-9H3,(H,41,48)(H,42,50)(H,43,49)(H,44,47)/b29-20+/t27-,28+,32+,33+/m1/s1. The van der Waals surface area contributed by atoms with Crippen LogP contribution in [0.5, 0.6) is 0 Å². The largest absolute Gasteiger partial charge is 0.460 e. The Kier molecular flexibility index (Phi) is 17.5. The number of ether oxygens (including phenoxy) is 3. The van der Waals surface area contributed by atoms with Crippen LogP contribution in [0.2, 0.25) is 0 Å². The lowest BCUT2D eigenvalue weighted by molar-refractivity contribution is -0.157. The van der Waals surface area contributed by atoms with Gasteiger partial charge in [0, 0.05) is 6.26 Å². The summed E-state index contributed by atoms with van der Waals surface area (Å²) >= 11 is 6.00. The van der Waals surface area contributed by atoms with Crippen LogP contribution in [-0.2, 0) is 54.6 Å². The lowest BCUT2D eigenvalue weighted by atomic mass is 10.00. The van der Waals surface area contributed by atoms with Crippen molar-refractivity contribution in [3.63, 3.8) is 0 Å². The van der Waals surface area contributed by atoms with Crippen LogP contribution in [0.3, 0.4) is 0 Å². The molecule has 0 heterocycles. The first kappa shape index (κ1) is 47.2. The number of nitrogens with one attached hydrogen (secondary N) is 4. The summed E-state index contributed by atoms with van der Waals surface area (Å²) in [5, 5.41) is 10.2. The number of esters is 2. The Morgan fingerprint density at radius 3 is 1.73 bits per heavy atom. The van der Waals surface area contributed by atoms with Crippen molar-refractivity contribution in [3.8, 4) is 0 Å². The summed E-state index contributed by atoms with van der Waals surface area (Å²) in [4.78, 5) is 80.1. The summed E-state index contributed by atoms with van der Waals surface area (Å²) in [7, 11) is -3.91. The maximum Gasteiger partial charge on any atom is 0.408 e. The summed E-state index contributed by atoms with van der Waals surface area (Å²) in [5.41, 5.74) is -0.839. The SMILES string of the molecule is CC(C)[C@H](NC(=O)[C@@H](NC(=O)[C@H](CC(=O)OC(C)(C)C)NC(=O)OCc1ccccc1)c1ccccc1)C(=O)N[C@H](/C=C(\Cl)S(C)(=O)=O)CC(=O)OC(C)(C)C. The molecular weight excluding hydrogens is 768 g/mol. The van der Waals surface area contributed by atoms with Crippen LogP contribution in [0.15, 0.2) is 71.1 Å². The third kappa shape index (κ3) is 17.7. The predicted molar refractivity (Wildman–Crippen MR) is 209 cm³/mol. The third-order valence-corrected chi connectivity index (χ3v) is 9.17. The van der Waals surface area contributed by atoms with E-state index in [1.165, 1.54) is 0 Å². The normalized spacial score (nSPS) is 14.3. The first-order valence-corrected chi connectivity index (χ1v) is 20.1. The highest BCUT2D eigenvalue weighted by Gasteiger charge is 2.34. The van der Waals surface area contributed by atoms with Crippen molar-refractivity contribution in [1.29, 1.82) is 0 Å². The number of alkyl carbamates (subject to hydrolysis) is 1. The zero-order valence-corrected chi connectivity index (χ0v) is 34.7. The summed E-state index contributed by atoms with van der Waals surface area (Å²) in [5.74, 6) is -4.75. The second-order valence-corrected chi connectivity index (χ2v) is 17.9. The van der Waals surface area contributed by atoms with Gasteiger partial charge in [-0.2, -0.15) is 0 Å². The van der Waals surface area contributed by atoms with E-state index in [1.54, 1.807) is 116 Å². The Hall–Kier alpha value is -4.96. The van der Waals surface area contributed by atoms with Crippen LogP contribution in [0.4, 0.5) is 4.79 Å². The third-order valence-electron chi connectivity index (χ3n) is 7.36. The average molecular weight is 821 g/mol. The van der Waals surface area contributed by atoms with Gasteiger partial charge in [-0.25, -0.2) is 13.2 Å². The Bertz CT molecular complexity index is 1820. The topological polar surface area (TPSA) is 212 Å². The molecule has 4 N–H and O–H groups in total. The molecule has 4 atom stereocenters. The zero-order chi connectivity index (χ0) is 42.4. The van der Waals surface area contributed by atoms with Gasteiger partial charge in [0.2, 0.25) is 17.7 Å². The molecule has 308 valence electrons. The van der Waals surface area contributed by atoms with Crippen molar-refractivity contribution >= 4 is 57.2 Å². The summed E-state index contributed by atoms with van der Waals surface area (Å²) in [6.07, 6.45) is -0.273. The molecule has 0 aliphatic rings. The number of amides is 4. The van der Waals surface area contributed by atoms with E-state index in [9.17, 15) is 37.2 Å². The molecule has 2 aromatic rings. The van der Waals surface area contributed by atoms with Crippen LogP contribution in [0.1, 0.15) is 85.4 Å². The highest BCUT2D eigenvalue weighted by Crippen LogP contribution is 2.18. The molecule has 2 aromatic carbocycles. The minimum atomic E-state index is -3.91. The van der Waals surface area contributed by atoms with E-state index in [-0.39, 0.29) is 12.2 Å². The molecule has 0 aliphatic heterocycles. The fourth-order valence-electron chi connectivity index (χ4n) is 4.89. The molecule has 56 heavy (non-hydrogen) atoms. The number of hydrogen-bond acceptors (Lipinski definition) is 11. The van der Waals surface area contributed by atoms with Crippen molar-refractivity contribution in [2.45, 2.75) is 110 Å². The van der Waals surface area contributed by atoms with Gasteiger partial charge in [-0.1, -0.05) is 86.1 Å². The van der Waals surface area contributed by atoms with Gasteiger partial charge in [-0.05, 0) is 64.7 Å². The van der Waals surface area contributed by atoms with E-state index >= 15 is 0 Å². The lowest BCUT2D eigenvalue weighted by Gasteiger charge is -2.28. The number of halogens is 1. The fourth-order valence-corrected chi connectivity index (χ4v) is 5.46. The van der Waals surface area contributed by atoms with Crippen LogP contribution in [-0.4, -0.2) is 79.8 Å². The molecule has 0 fully saturated rings. The van der Waals surface area contributed by atoms with Crippen molar-refractivity contribution in [3.05, 3.63) is 82.2 Å². The van der Waals surface area contributed by atoms with Crippen molar-refractivity contribution in [2.24, 2.45) is 5.92 Å². The van der Waals surface area contributed by atoms with Crippen LogP contribution in [0.25, 0.3) is 0 Å². The average Bonchev–Trinajstić information content (AvgIpc) is 3.06. The number of carbonyl (C=O) groups excluding carboxylic acids is 6. The lowest BCUT2D eigenvalue weighted by Crippen LogP contribution is -2.56. The molecule has 15 nitrogen and oxygen atoms in total. The fraction of sp³-hybridized carbons (Fsp3) is 0.487.